The molecule has 0 heterocycles. The van der Waals surface area contributed by atoms with Gasteiger partial charge >= 0.3 is 5.97 Å². The Morgan fingerprint density at radius 1 is 1.47 bits per heavy atom. The van der Waals surface area contributed by atoms with Gasteiger partial charge in [0.15, 0.2) is 0 Å². The van der Waals surface area contributed by atoms with Crippen molar-refractivity contribution in [3.8, 4) is 0 Å². The molecule has 15 heavy (non-hydrogen) atoms. The SMILES string of the molecule is CCC(Br)C(=O)N(C)CCCC(=O)OC. The summed E-state index contributed by atoms with van der Waals surface area (Å²) in [4.78, 5) is 23.9. The molecule has 0 aromatic carbocycles. The lowest BCUT2D eigenvalue weighted by atomic mass is 10.2. The summed E-state index contributed by atoms with van der Waals surface area (Å²) in [5.41, 5.74) is 0. The summed E-state index contributed by atoms with van der Waals surface area (Å²) in [6, 6.07) is 0. The van der Waals surface area contributed by atoms with Crippen LogP contribution in [0.2, 0.25) is 0 Å². The molecule has 0 fully saturated rings. The highest BCUT2D eigenvalue weighted by atomic mass is 79.9. The molecular weight excluding hydrogens is 262 g/mol. The number of alkyl halides is 1. The Morgan fingerprint density at radius 2 is 2.07 bits per heavy atom. The van der Waals surface area contributed by atoms with Gasteiger partial charge in [0, 0.05) is 20.0 Å². The molecule has 0 aromatic heterocycles. The van der Waals surface area contributed by atoms with Crippen LogP contribution in [0.5, 0.6) is 0 Å². The molecule has 0 aliphatic rings. The Morgan fingerprint density at radius 3 is 2.53 bits per heavy atom. The van der Waals surface area contributed by atoms with Gasteiger partial charge in [-0.3, -0.25) is 9.59 Å². The molecule has 0 spiro atoms. The Hall–Kier alpha value is -0.580. The number of halogens is 1. The molecule has 1 amide bonds. The molecule has 0 radical (unpaired) electrons. The van der Waals surface area contributed by atoms with Crippen molar-refractivity contribution in [3.05, 3.63) is 0 Å². The van der Waals surface area contributed by atoms with Gasteiger partial charge in [0.05, 0.1) is 11.9 Å². The molecule has 1 atom stereocenters. The molecule has 0 aliphatic heterocycles. The second-order valence-electron chi connectivity index (χ2n) is 3.32. The van der Waals surface area contributed by atoms with Gasteiger partial charge in [0.25, 0.3) is 0 Å². The molecule has 1 unspecified atom stereocenters. The summed E-state index contributed by atoms with van der Waals surface area (Å²) in [7, 11) is 3.10. The van der Waals surface area contributed by atoms with Crippen molar-refractivity contribution in [3.63, 3.8) is 0 Å². The molecule has 4 nitrogen and oxygen atoms in total. The van der Waals surface area contributed by atoms with Crippen LogP contribution in [-0.2, 0) is 14.3 Å². The van der Waals surface area contributed by atoms with E-state index in [0.717, 1.165) is 6.42 Å². The molecule has 0 saturated heterocycles. The number of esters is 1. The highest BCUT2D eigenvalue weighted by molar-refractivity contribution is 9.10. The van der Waals surface area contributed by atoms with E-state index in [4.69, 9.17) is 0 Å². The van der Waals surface area contributed by atoms with Crippen molar-refractivity contribution < 1.29 is 14.3 Å². The Bertz CT molecular complexity index is 221. The average molecular weight is 280 g/mol. The first kappa shape index (κ1) is 14.4. The van der Waals surface area contributed by atoms with E-state index in [0.29, 0.717) is 19.4 Å². The molecule has 0 rings (SSSR count). The summed E-state index contributed by atoms with van der Waals surface area (Å²) in [6.45, 7) is 2.52. The molecule has 5 heteroatoms. The van der Waals surface area contributed by atoms with Crippen molar-refractivity contribution in [1.82, 2.24) is 4.90 Å². The molecule has 0 aliphatic carbocycles. The fourth-order valence-electron chi connectivity index (χ4n) is 1.09. The highest BCUT2D eigenvalue weighted by Crippen LogP contribution is 2.08. The third-order valence-corrected chi connectivity index (χ3v) is 3.14. The van der Waals surface area contributed by atoms with Crippen molar-refractivity contribution in [1.29, 1.82) is 0 Å². The quantitative estimate of drug-likeness (QED) is 0.548. The van der Waals surface area contributed by atoms with Crippen LogP contribution < -0.4 is 0 Å². The van der Waals surface area contributed by atoms with Crippen LogP contribution in [0.1, 0.15) is 26.2 Å². The normalized spacial score (nSPS) is 12.0. The van der Waals surface area contributed by atoms with E-state index in [9.17, 15) is 9.59 Å². The predicted molar refractivity (Wildman–Crippen MR) is 61.9 cm³/mol. The van der Waals surface area contributed by atoms with Crippen LogP contribution in [0.25, 0.3) is 0 Å². The van der Waals surface area contributed by atoms with Gasteiger partial charge in [-0.05, 0) is 12.8 Å². The largest absolute Gasteiger partial charge is 0.469 e. The maximum Gasteiger partial charge on any atom is 0.305 e. The zero-order chi connectivity index (χ0) is 11.8. The molecule has 0 saturated carbocycles. The zero-order valence-corrected chi connectivity index (χ0v) is 11.0. The Kier molecular flexibility index (Phi) is 7.38. The van der Waals surface area contributed by atoms with Crippen molar-refractivity contribution in [2.75, 3.05) is 20.7 Å². The topological polar surface area (TPSA) is 46.6 Å². The fourth-order valence-corrected chi connectivity index (χ4v) is 1.44. The number of methoxy groups -OCH3 is 1. The standard InChI is InChI=1S/C10H18BrNO3/c1-4-8(11)10(14)12(2)7-5-6-9(13)15-3/h8H,4-7H2,1-3H3. The number of rotatable bonds is 6. The number of nitrogens with zero attached hydrogens (tertiary/aromatic N) is 1. The Labute approximate surface area is 99.1 Å². The minimum atomic E-state index is -0.235. The predicted octanol–water partition coefficient (Wildman–Crippen LogP) is 1.57. The van der Waals surface area contributed by atoms with E-state index >= 15 is 0 Å². The zero-order valence-electron chi connectivity index (χ0n) is 9.46. The summed E-state index contributed by atoms with van der Waals surface area (Å²) in [5.74, 6) is -0.177. The molecule has 88 valence electrons. The van der Waals surface area contributed by atoms with Crippen molar-refractivity contribution in [2.24, 2.45) is 0 Å². The average Bonchev–Trinajstić information content (AvgIpc) is 2.26. The Balaban J connectivity index is 3.78. The first-order chi connectivity index (χ1) is 7.02. The number of hydrogen-bond donors (Lipinski definition) is 0. The lowest BCUT2D eigenvalue weighted by Gasteiger charge is -2.19. The van der Waals surface area contributed by atoms with E-state index in [1.165, 1.54) is 7.11 Å². The van der Waals surface area contributed by atoms with Crippen LogP contribution in [-0.4, -0.2) is 42.3 Å². The van der Waals surface area contributed by atoms with Crippen LogP contribution in [0, 0.1) is 0 Å². The second kappa shape index (κ2) is 7.68. The smallest absolute Gasteiger partial charge is 0.305 e. The molecule has 0 aromatic rings. The number of hydrogen-bond acceptors (Lipinski definition) is 3. The van der Waals surface area contributed by atoms with Gasteiger partial charge in [-0.15, -0.1) is 0 Å². The third-order valence-electron chi connectivity index (χ3n) is 2.10. The summed E-state index contributed by atoms with van der Waals surface area (Å²) >= 11 is 3.29. The number of amides is 1. The van der Waals surface area contributed by atoms with Crippen LogP contribution in [0.3, 0.4) is 0 Å². The minimum Gasteiger partial charge on any atom is -0.469 e. The van der Waals surface area contributed by atoms with Gasteiger partial charge in [-0.2, -0.15) is 0 Å². The van der Waals surface area contributed by atoms with Crippen LogP contribution in [0.15, 0.2) is 0 Å². The van der Waals surface area contributed by atoms with E-state index < -0.39 is 0 Å². The summed E-state index contributed by atoms with van der Waals surface area (Å²) in [6.07, 6.45) is 1.76. The molecular formula is C10H18BrNO3. The fraction of sp³-hybridized carbons (Fsp3) is 0.800. The number of carbonyl (C=O) groups is 2. The number of ether oxygens (including phenoxy) is 1. The van der Waals surface area contributed by atoms with Gasteiger partial charge in [0.2, 0.25) is 5.91 Å². The second-order valence-corrected chi connectivity index (χ2v) is 4.42. The first-order valence-corrected chi connectivity index (χ1v) is 5.90. The van der Waals surface area contributed by atoms with E-state index in [1.54, 1.807) is 11.9 Å². The van der Waals surface area contributed by atoms with E-state index in [-0.39, 0.29) is 16.7 Å². The van der Waals surface area contributed by atoms with Crippen LogP contribution in [0.4, 0.5) is 0 Å². The summed E-state index contributed by atoms with van der Waals surface area (Å²) < 4.78 is 4.51. The number of carbonyl (C=O) groups excluding carboxylic acids is 2. The van der Waals surface area contributed by atoms with E-state index in [1.807, 2.05) is 6.92 Å². The first-order valence-electron chi connectivity index (χ1n) is 4.98. The molecule has 0 bridgehead atoms. The van der Waals surface area contributed by atoms with Crippen LogP contribution >= 0.6 is 15.9 Å². The molecule has 0 N–H and O–H groups in total. The van der Waals surface area contributed by atoms with E-state index in [2.05, 4.69) is 20.7 Å². The van der Waals surface area contributed by atoms with Gasteiger partial charge in [0.1, 0.15) is 0 Å². The lowest BCUT2D eigenvalue weighted by Crippen LogP contribution is -2.34. The third kappa shape index (κ3) is 5.77. The van der Waals surface area contributed by atoms with Crippen molar-refractivity contribution in [2.45, 2.75) is 31.0 Å². The maximum absolute atomic E-state index is 11.6. The minimum absolute atomic E-state index is 0.0577. The monoisotopic (exact) mass is 279 g/mol. The van der Waals surface area contributed by atoms with Gasteiger partial charge in [-0.25, -0.2) is 0 Å². The lowest BCUT2D eigenvalue weighted by molar-refractivity contribution is -0.141. The highest BCUT2D eigenvalue weighted by Gasteiger charge is 2.16. The maximum atomic E-state index is 11.6. The summed E-state index contributed by atoms with van der Waals surface area (Å²) in [5, 5.41) is 0. The van der Waals surface area contributed by atoms with Gasteiger partial charge in [-0.1, -0.05) is 22.9 Å². The van der Waals surface area contributed by atoms with Crippen molar-refractivity contribution >= 4 is 27.8 Å². The van der Waals surface area contributed by atoms with Gasteiger partial charge < -0.3 is 9.64 Å².